The smallest absolute Gasteiger partial charge is 0.249 e. The molecular formula is C16H19ClN4O3. The Labute approximate surface area is 144 Å². The SMILES string of the molecule is NC[C@H]1CC[C@@H](C(=O)NCCc2nc(-c3cccc(Cl)c3)no2)O1. The summed E-state index contributed by atoms with van der Waals surface area (Å²) in [6.07, 6.45) is 1.54. The van der Waals surface area contributed by atoms with Gasteiger partial charge < -0.3 is 20.3 Å². The van der Waals surface area contributed by atoms with Crippen molar-refractivity contribution in [2.75, 3.05) is 13.1 Å². The molecule has 1 aliphatic rings. The first-order valence-electron chi connectivity index (χ1n) is 7.87. The summed E-state index contributed by atoms with van der Waals surface area (Å²) in [4.78, 5) is 16.3. The fraction of sp³-hybridized carbons (Fsp3) is 0.438. The molecule has 0 radical (unpaired) electrons. The predicted molar refractivity (Wildman–Crippen MR) is 88.4 cm³/mol. The van der Waals surface area contributed by atoms with Crippen LogP contribution in [0.25, 0.3) is 11.4 Å². The lowest BCUT2D eigenvalue weighted by Gasteiger charge is -2.11. The van der Waals surface area contributed by atoms with E-state index >= 15 is 0 Å². The van der Waals surface area contributed by atoms with Crippen molar-refractivity contribution in [3.8, 4) is 11.4 Å². The molecule has 0 spiro atoms. The van der Waals surface area contributed by atoms with Gasteiger partial charge in [0.25, 0.3) is 0 Å². The van der Waals surface area contributed by atoms with Crippen molar-refractivity contribution in [3.63, 3.8) is 0 Å². The van der Waals surface area contributed by atoms with Crippen LogP contribution in [0, 0.1) is 0 Å². The Hall–Kier alpha value is -1.96. The van der Waals surface area contributed by atoms with Crippen LogP contribution in [-0.2, 0) is 16.0 Å². The Kier molecular flexibility index (Phi) is 5.44. The minimum atomic E-state index is -0.414. The summed E-state index contributed by atoms with van der Waals surface area (Å²) in [6.45, 7) is 0.848. The van der Waals surface area contributed by atoms with Crippen molar-refractivity contribution in [2.45, 2.75) is 31.5 Å². The number of hydrogen-bond donors (Lipinski definition) is 2. The van der Waals surface area contributed by atoms with Crippen LogP contribution in [0.1, 0.15) is 18.7 Å². The lowest BCUT2D eigenvalue weighted by atomic mass is 10.2. The number of nitrogens with one attached hydrogen (secondary N) is 1. The van der Waals surface area contributed by atoms with E-state index in [2.05, 4.69) is 15.5 Å². The Balaban J connectivity index is 1.48. The number of carbonyl (C=O) groups excluding carboxylic acids is 1. The summed E-state index contributed by atoms with van der Waals surface area (Å²) < 4.78 is 10.7. The van der Waals surface area contributed by atoms with E-state index in [1.165, 1.54) is 0 Å². The van der Waals surface area contributed by atoms with Crippen LogP contribution >= 0.6 is 11.6 Å². The molecule has 3 rings (SSSR count). The van der Waals surface area contributed by atoms with Crippen LogP contribution in [0.3, 0.4) is 0 Å². The number of ether oxygens (including phenoxy) is 1. The van der Waals surface area contributed by atoms with E-state index in [0.717, 1.165) is 12.0 Å². The number of carbonyl (C=O) groups is 1. The van der Waals surface area contributed by atoms with E-state index < -0.39 is 6.10 Å². The molecule has 0 saturated carbocycles. The summed E-state index contributed by atoms with van der Waals surface area (Å²) in [7, 11) is 0. The first kappa shape index (κ1) is 16.9. The van der Waals surface area contributed by atoms with Crippen molar-refractivity contribution in [3.05, 3.63) is 35.2 Å². The van der Waals surface area contributed by atoms with Crippen LogP contribution in [-0.4, -0.2) is 41.3 Å². The summed E-state index contributed by atoms with van der Waals surface area (Å²) in [6, 6.07) is 7.23. The Morgan fingerprint density at radius 1 is 1.42 bits per heavy atom. The van der Waals surface area contributed by atoms with Gasteiger partial charge in [-0.05, 0) is 25.0 Å². The van der Waals surface area contributed by atoms with Gasteiger partial charge >= 0.3 is 0 Å². The van der Waals surface area contributed by atoms with E-state index in [4.69, 9.17) is 26.6 Å². The first-order valence-corrected chi connectivity index (χ1v) is 8.25. The van der Waals surface area contributed by atoms with Crippen LogP contribution in [0.4, 0.5) is 0 Å². The van der Waals surface area contributed by atoms with Gasteiger partial charge in [-0.1, -0.05) is 28.9 Å². The second-order valence-electron chi connectivity index (χ2n) is 5.62. The fourth-order valence-corrected chi connectivity index (χ4v) is 2.77. The summed E-state index contributed by atoms with van der Waals surface area (Å²) in [5.74, 6) is 0.807. The number of amides is 1. The Morgan fingerprint density at radius 2 is 2.29 bits per heavy atom. The number of halogens is 1. The minimum Gasteiger partial charge on any atom is -0.364 e. The molecule has 24 heavy (non-hydrogen) atoms. The van der Waals surface area contributed by atoms with Crippen molar-refractivity contribution >= 4 is 17.5 Å². The van der Waals surface area contributed by atoms with E-state index in [1.54, 1.807) is 12.1 Å². The third-order valence-electron chi connectivity index (χ3n) is 3.85. The molecule has 128 valence electrons. The van der Waals surface area contributed by atoms with Crippen molar-refractivity contribution in [2.24, 2.45) is 5.73 Å². The highest BCUT2D eigenvalue weighted by Gasteiger charge is 2.29. The second kappa shape index (κ2) is 7.74. The van der Waals surface area contributed by atoms with Gasteiger partial charge in [0.05, 0.1) is 6.10 Å². The molecule has 1 aromatic carbocycles. The minimum absolute atomic E-state index is 0.0167. The lowest BCUT2D eigenvalue weighted by Crippen LogP contribution is -2.36. The standard InChI is InChI=1S/C16H19ClN4O3/c17-11-3-1-2-10(8-11)15-20-14(24-21-15)6-7-19-16(22)13-5-4-12(9-18)23-13/h1-3,8,12-13H,4-7,9,18H2,(H,19,22)/t12-,13+/m1/s1. The largest absolute Gasteiger partial charge is 0.364 e. The first-order chi connectivity index (χ1) is 11.7. The molecule has 1 amide bonds. The van der Waals surface area contributed by atoms with Crippen LogP contribution in [0.5, 0.6) is 0 Å². The maximum Gasteiger partial charge on any atom is 0.249 e. The topological polar surface area (TPSA) is 103 Å². The zero-order valence-electron chi connectivity index (χ0n) is 13.1. The molecule has 0 aliphatic carbocycles. The lowest BCUT2D eigenvalue weighted by molar-refractivity contribution is -0.131. The molecule has 2 atom stereocenters. The van der Waals surface area contributed by atoms with Gasteiger partial charge in [-0.2, -0.15) is 4.98 Å². The van der Waals surface area contributed by atoms with Gasteiger partial charge in [0.15, 0.2) is 0 Å². The van der Waals surface area contributed by atoms with Gasteiger partial charge in [0.2, 0.25) is 17.6 Å². The molecule has 2 aromatic rings. The van der Waals surface area contributed by atoms with Crippen LogP contribution < -0.4 is 11.1 Å². The van der Waals surface area contributed by atoms with Gasteiger partial charge in [-0.25, -0.2) is 0 Å². The number of benzene rings is 1. The van der Waals surface area contributed by atoms with Crippen molar-refractivity contribution in [1.29, 1.82) is 0 Å². The van der Waals surface area contributed by atoms with Crippen LogP contribution in [0.2, 0.25) is 5.02 Å². The third-order valence-corrected chi connectivity index (χ3v) is 4.09. The average Bonchev–Trinajstić information content (AvgIpc) is 3.24. The van der Waals surface area contributed by atoms with Crippen LogP contribution in [0.15, 0.2) is 28.8 Å². The number of nitrogens with zero attached hydrogens (tertiary/aromatic N) is 2. The molecule has 3 N–H and O–H groups in total. The van der Waals surface area contributed by atoms with Gasteiger partial charge in [-0.3, -0.25) is 4.79 Å². The molecule has 0 bridgehead atoms. The normalized spacial score (nSPS) is 20.2. The summed E-state index contributed by atoms with van der Waals surface area (Å²) in [5.41, 5.74) is 6.33. The number of hydrogen-bond acceptors (Lipinski definition) is 6. The van der Waals surface area contributed by atoms with E-state index in [9.17, 15) is 4.79 Å². The molecule has 1 aromatic heterocycles. The molecule has 0 unspecified atom stereocenters. The highest BCUT2D eigenvalue weighted by molar-refractivity contribution is 6.30. The number of rotatable bonds is 6. The Bertz CT molecular complexity index is 706. The maximum atomic E-state index is 12.0. The maximum absolute atomic E-state index is 12.0. The fourth-order valence-electron chi connectivity index (χ4n) is 2.58. The van der Waals surface area contributed by atoms with Gasteiger partial charge in [-0.15, -0.1) is 0 Å². The highest BCUT2D eigenvalue weighted by Crippen LogP contribution is 2.20. The number of aromatic nitrogens is 2. The zero-order chi connectivity index (χ0) is 16.9. The molecular weight excluding hydrogens is 332 g/mol. The van der Waals surface area contributed by atoms with E-state index in [0.29, 0.717) is 42.7 Å². The summed E-state index contributed by atoms with van der Waals surface area (Å²) in [5, 5.41) is 7.36. The average molecular weight is 351 g/mol. The summed E-state index contributed by atoms with van der Waals surface area (Å²) >= 11 is 5.95. The zero-order valence-corrected chi connectivity index (χ0v) is 13.8. The van der Waals surface area contributed by atoms with Crippen molar-refractivity contribution < 1.29 is 14.1 Å². The predicted octanol–water partition coefficient (Wildman–Crippen LogP) is 1.55. The molecule has 1 aliphatic heterocycles. The van der Waals surface area contributed by atoms with Gasteiger partial charge in [0.1, 0.15) is 6.10 Å². The number of nitrogens with two attached hydrogens (primary N) is 1. The third kappa shape index (κ3) is 4.11. The second-order valence-corrected chi connectivity index (χ2v) is 6.06. The molecule has 7 nitrogen and oxygen atoms in total. The Morgan fingerprint density at radius 3 is 3.04 bits per heavy atom. The molecule has 1 saturated heterocycles. The molecule has 2 heterocycles. The highest BCUT2D eigenvalue weighted by atomic mass is 35.5. The monoisotopic (exact) mass is 350 g/mol. The van der Waals surface area contributed by atoms with E-state index in [-0.39, 0.29) is 12.0 Å². The van der Waals surface area contributed by atoms with Gasteiger partial charge in [0, 0.05) is 30.1 Å². The van der Waals surface area contributed by atoms with E-state index in [1.807, 2.05) is 12.1 Å². The van der Waals surface area contributed by atoms with Crippen molar-refractivity contribution in [1.82, 2.24) is 15.5 Å². The molecule has 8 heteroatoms. The quantitative estimate of drug-likeness (QED) is 0.819. The molecule has 1 fully saturated rings.